The monoisotopic (exact) mass is 410 g/mol. The third-order valence-corrected chi connectivity index (χ3v) is 7.18. The number of halogens is 1. The van der Waals surface area contributed by atoms with Crippen LogP contribution in [0.2, 0.25) is 5.02 Å². The zero-order chi connectivity index (χ0) is 19.2. The number of carbonyl (C=O) groups excluding carboxylic acids is 1. The van der Waals surface area contributed by atoms with Gasteiger partial charge < -0.3 is 9.64 Å². The van der Waals surface area contributed by atoms with Gasteiger partial charge in [-0.3, -0.25) is 5.10 Å². The minimum atomic E-state index is -3.77. The topological polar surface area (TPSA) is 95.6 Å². The lowest BCUT2D eigenvalue weighted by molar-refractivity contribution is 0.0506. The van der Waals surface area contributed by atoms with Crippen molar-refractivity contribution in [1.82, 2.24) is 19.4 Å². The summed E-state index contributed by atoms with van der Waals surface area (Å²) in [5.41, 5.74) is 1.70. The highest BCUT2D eigenvalue weighted by Gasteiger charge is 2.48. The van der Waals surface area contributed by atoms with E-state index in [2.05, 4.69) is 10.2 Å². The molecule has 2 aromatic rings. The van der Waals surface area contributed by atoms with Crippen molar-refractivity contribution in [1.29, 1.82) is 0 Å². The number of fused-ring (bicyclic) bond motifs is 4. The van der Waals surface area contributed by atoms with Crippen molar-refractivity contribution in [2.75, 3.05) is 19.7 Å². The van der Waals surface area contributed by atoms with Gasteiger partial charge in [0.05, 0.1) is 23.7 Å². The molecule has 4 rings (SSSR count). The molecular formula is C17H19ClN4O4S. The number of benzene rings is 1. The van der Waals surface area contributed by atoms with E-state index in [1.165, 1.54) is 16.4 Å². The maximum Gasteiger partial charge on any atom is 0.409 e. The molecule has 0 spiro atoms. The Morgan fingerprint density at radius 2 is 2.07 bits per heavy atom. The quantitative estimate of drug-likeness (QED) is 0.836. The zero-order valence-corrected chi connectivity index (χ0v) is 16.2. The van der Waals surface area contributed by atoms with Crippen LogP contribution in [0.4, 0.5) is 4.79 Å². The van der Waals surface area contributed by atoms with Gasteiger partial charge >= 0.3 is 6.09 Å². The molecule has 1 aromatic heterocycles. The van der Waals surface area contributed by atoms with Gasteiger partial charge in [-0.25, -0.2) is 13.2 Å². The number of amides is 1. The number of hydrogen-bond donors (Lipinski definition) is 1. The van der Waals surface area contributed by atoms with Crippen LogP contribution in [0.3, 0.4) is 0 Å². The molecule has 8 nitrogen and oxygen atoms in total. The van der Waals surface area contributed by atoms with E-state index in [9.17, 15) is 13.2 Å². The Bertz CT molecular complexity index is 960. The predicted molar refractivity (Wildman–Crippen MR) is 97.9 cm³/mol. The molecule has 10 heteroatoms. The first-order chi connectivity index (χ1) is 12.9. The molecule has 0 radical (unpaired) electrons. The van der Waals surface area contributed by atoms with Gasteiger partial charge in [0.2, 0.25) is 10.0 Å². The number of aromatic amines is 1. The van der Waals surface area contributed by atoms with Crippen LogP contribution in [0.1, 0.15) is 24.2 Å². The summed E-state index contributed by atoms with van der Waals surface area (Å²) < 4.78 is 33.3. The first-order valence-electron chi connectivity index (χ1n) is 8.64. The van der Waals surface area contributed by atoms with E-state index in [-0.39, 0.29) is 24.6 Å². The van der Waals surface area contributed by atoms with Gasteiger partial charge in [-0.2, -0.15) is 9.40 Å². The van der Waals surface area contributed by atoms with Crippen LogP contribution < -0.4 is 0 Å². The number of H-pyrrole nitrogens is 1. The number of piperazine rings is 1. The molecule has 2 aliphatic heterocycles. The highest BCUT2D eigenvalue weighted by atomic mass is 35.5. The van der Waals surface area contributed by atoms with Crippen LogP contribution in [-0.4, -0.2) is 59.7 Å². The third-order valence-electron chi connectivity index (χ3n) is 4.96. The van der Waals surface area contributed by atoms with Crippen LogP contribution in [0.15, 0.2) is 35.4 Å². The second-order valence-corrected chi connectivity index (χ2v) is 8.85. The lowest BCUT2D eigenvalue weighted by Gasteiger charge is -2.47. The Hall–Kier alpha value is -2.10. The van der Waals surface area contributed by atoms with Crippen molar-refractivity contribution >= 4 is 27.7 Å². The van der Waals surface area contributed by atoms with E-state index in [0.717, 1.165) is 11.3 Å². The number of nitrogens with zero attached hydrogens (tertiary/aromatic N) is 3. The minimum Gasteiger partial charge on any atom is -0.450 e. The molecule has 2 unspecified atom stereocenters. The fourth-order valence-corrected chi connectivity index (χ4v) is 5.71. The molecular weight excluding hydrogens is 392 g/mol. The van der Waals surface area contributed by atoms with Gasteiger partial charge in [-0.1, -0.05) is 11.6 Å². The van der Waals surface area contributed by atoms with E-state index in [4.69, 9.17) is 16.3 Å². The smallest absolute Gasteiger partial charge is 0.409 e. The minimum absolute atomic E-state index is 0.179. The molecule has 1 saturated heterocycles. The van der Waals surface area contributed by atoms with Crippen LogP contribution >= 0.6 is 11.6 Å². The van der Waals surface area contributed by atoms with Gasteiger partial charge in [0.15, 0.2) is 0 Å². The molecule has 0 saturated carbocycles. The largest absolute Gasteiger partial charge is 0.450 e. The van der Waals surface area contributed by atoms with Gasteiger partial charge in [0.25, 0.3) is 0 Å². The Labute approximate surface area is 162 Å². The van der Waals surface area contributed by atoms with E-state index >= 15 is 0 Å². The summed E-state index contributed by atoms with van der Waals surface area (Å²) in [4.78, 5) is 14.0. The van der Waals surface area contributed by atoms with E-state index in [1.807, 2.05) is 0 Å². The average molecular weight is 411 g/mol. The first kappa shape index (κ1) is 18.3. The van der Waals surface area contributed by atoms with E-state index in [1.54, 1.807) is 30.2 Å². The first-order valence-corrected chi connectivity index (χ1v) is 10.5. The van der Waals surface area contributed by atoms with E-state index in [0.29, 0.717) is 11.4 Å². The number of ether oxygens (including phenoxy) is 1. The van der Waals surface area contributed by atoms with Gasteiger partial charge in [0.1, 0.15) is 0 Å². The Morgan fingerprint density at radius 1 is 1.33 bits per heavy atom. The summed E-state index contributed by atoms with van der Waals surface area (Å²) in [6.07, 6.45) is 1.66. The average Bonchev–Trinajstić information content (AvgIpc) is 3.09. The molecule has 0 aliphatic carbocycles. The molecule has 1 amide bonds. The third kappa shape index (κ3) is 3.09. The van der Waals surface area contributed by atoms with Gasteiger partial charge in [-0.05, 0) is 31.2 Å². The summed E-state index contributed by atoms with van der Waals surface area (Å²) in [6.45, 7) is 2.50. The second-order valence-electron chi connectivity index (χ2n) is 6.57. The summed E-state index contributed by atoms with van der Waals surface area (Å²) in [7, 11) is -3.77. The summed E-state index contributed by atoms with van der Waals surface area (Å²) >= 11 is 5.90. The Morgan fingerprint density at radius 3 is 2.78 bits per heavy atom. The number of nitrogens with one attached hydrogen (secondary N) is 1. The molecule has 3 heterocycles. The van der Waals surface area contributed by atoms with Crippen molar-refractivity contribution in [3.8, 4) is 0 Å². The molecule has 27 heavy (non-hydrogen) atoms. The molecule has 2 aliphatic rings. The number of hydrogen-bond acceptors (Lipinski definition) is 5. The van der Waals surface area contributed by atoms with Crippen LogP contribution in [0.5, 0.6) is 0 Å². The maximum absolute atomic E-state index is 13.4. The molecule has 2 bridgehead atoms. The predicted octanol–water partition coefficient (Wildman–Crippen LogP) is 2.19. The van der Waals surface area contributed by atoms with Crippen molar-refractivity contribution in [3.63, 3.8) is 0 Å². The van der Waals surface area contributed by atoms with Crippen molar-refractivity contribution in [3.05, 3.63) is 46.7 Å². The van der Waals surface area contributed by atoms with Crippen molar-refractivity contribution in [2.24, 2.45) is 0 Å². The Balaban J connectivity index is 1.74. The fourth-order valence-electron chi connectivity index (χ4n) is 3.81. The molecule has 144 valence electrons. The highest BCUT2D eigenvalue weighted by molar-refractivity contribution is 7.89. The summed E-state index contributed by atoms with van der Waals surface area (Å²) in [5.74, 6) is 0. The number of aromatic nitrogens is 2. The SMILES string of the molecule is CCOC(=O)N1CC2Cc3[nH]ncc3C(C1)N2S(=O)(=O)c1ccc(Cl)cc1. The number of rotatable bonds is 3. The standard InChI is InChI=1S/C17H19ClN4O4S/c1-2-26-17(23)21-9-12-7-15-14(8-19-20-15)16(10-21)22(12)27(24,25)13-5-3-11(18)4-6-13/h3-6,8,12,16H,2,7,9-10H2,1H3,(H,19,20). The van der Waals surface area contributed by atoms with Gasteiger partial charge in [0, 0.05) is 41.8 Å². The lowest BCUT2D eigenvalue weighted by atomic mass is 9.92. The maximum atomic E-state index is 13.4. The van der Waals surface area contributed by atoms with E-state index < -0.39 is 28.2 Å². The molecule has 1 aromatic carbocycles. The molecule has 1 fully saturated rings. The second kappa shape index (κ2) is 6.81. The zero-order valence-electron chi connectivity index (χ0n) is 14.6. The molecule has 1 N–H and O–H groups in total. The molecule has 2 atom stereocenters. The van der Waals surface area contributed by atoms with Crippen LogP contribution in [0, 0.1) is 0 Å². The fraction of sp³-hybridized carbons (Fsp3) is 0.412. The lowest BCUT2D eigenvalue weighted by Crippen LogP contribution is -2.60. The van der Waals surface area contributed by atoms with Gasteiger partial charge in [-0.15, -0.1) is 0 Å². The summed E-state index contributed by atoms with van der Waals surface area (Å²) in [6, 6.07) is 5.20. The number of carbonyl (C=O) groups is 1. The highest BCUT2D eigenvalue weighted by Crippen LogP contribution is 2.40. The van der Waals surface area contributed by atoms with Crippen LogP contribution in [-0.2, 0) is 21.2 Å². The normalized spacial score (nSPS) is 22.4. The Kier molecular flexibility index (Phi) is 4.61. The van der Waals surface area contributed by atoms with Crippen molar-refractivity contribution < 1.29 is 17.9 Å². The van der Waals surface area contributed by atoms with Crippen molar-refractivity contribution in [2.45, 2.75) is 30.3 Å². The number of sulfonamides is 1. The summed E-state index contributed by atoms with van der Waals surface area (Å²) in [5, 5.41) is 7.49. The van der Waals surface area contributed by atoms with Crippen LogP contribution in [0.25, 0.3) is 0 Å².